The Bertz CT molecular complexity index is 246. The minimum Gasteiger partial charge on any atom is -1.00 e. The van der Waals surface area contributed by atoms with Crippen molar-refractivity contribution in [1.82, 2.24) is 0 Å². The smallest absolute Gasteiger partial charge is 0.171 e. The summed E-state index contributed by atoms with van der Waals surface area (Å²) in [6, 6.07) is 4.24. The van der Waals surface area contributed by atoms with E-state index in [1.54, 1.807) is 0 Å². The summed E-state index contributed by atoms with van der Waals surface area (Å²) in [4.78, 5) is 0. The van der Waals surface area contributed by atoms with E-state index in [2.05, 4.69) is 49.9 Å². The van der Waals surface area contributed by atoms with Gasteiger partial charge in [-0.25, -0.2) is 4.57 Å². The Morgan fingerprint density at radius 1 is 1.38 bits per heavy atom. The SMILES string of the molecule is Cc1ccc[n+](CCC(C)C)c1.[Br-]. The summed E-state index contributed by atoms with van der Waals surface area (Å²) in [5.74, 6) is 0.790. The van der Waals surface area contributed by atoms with Gasteiger partial charge in [-0.3, -0.25) is 0 Å². The molecule has 0 aliphatic heterocycles. The molecule has 0 N–H and O–H groups in total. The normalized spacial score (nSPS) is 9.85. The molecule has 0 saturated heterocycles. The molecular formula is C11H18BrN. The third-order valence-electron chi connectivity index (χ3n) is 1.97. The number of pyridine rings is 1. The summed E-state index contributed by atoms with van der Waals surface area (Å²) < 4.78 is 2.26. The lowest BCUT2D eigenvalue weighted by Crippen LogP contribution is -3.00. The van der Waals surface area contributed by atoms with E-state index in [9.17, 15) is 0 Å². The van der Waals surface area contributed by atoms with Gasteiger partial charge in [-0.1, -0.05) is 13.8 Å². The van der Waals surface area contributed by atoms with E-state index in [1.807, 2.05) is 0 Å². The van der Waals surface area contributed by atoms with Crippen LogP contribution in [0.15, 0.2) is 24.5 Å². The first-order valence-electron chi connectivity index (χ1n) is 4.64. The molecule has 1 rings (SSSR count). The maximum atomic E-state index is 2.26. The highest BCUT2D eigenvalue weighted by Gasteiger charge is 2.01. The van der Waals surface area contributed by atoms with Crippen LogP contribution in [0.25, 0.3) is 0 Å². The molecule has 13 heavy (non-hydrogen) atoms. The van der Waals surface area contributed by atoms with Gasteiger partial charge in [0.25, 0.3) is 0 Å². The van der Waals surface area contributed by atoms with E-state index in [4.69, 9.17) is 0 Å². The standard InChI is InChI=1S/C11H18N.BrH/c1-10(2)6-8-12-7-4-5-11(3)9-12;/h4-5,7,9-10H,6,8H2,1-3H3;1H/q+1;/p-1. The second-order valence-corrected chi connectivity index (χ2v) is 3.80. The van der Waals surface area contributed by atoms with Crippen LogP contribution in [0.1, 0.15) is 25.8 Å². The molecule has 0 saturated carbocycles. The molecule has 0 aliphatic carbocycles. The van der Waals surface area contributed by atoms with Crippen LogP contribution in [0.2, 0.25) is 0 Å². The third-order valence-corrected chi connectivity index (χ3v) is 1.97. The third kappa shape index (κ3) is 5.04. The molecule has 0 aliphatic rings. The van der Waals surface area contributed by atoms with E-state index in [1.165, 1.54) is 12.0 Å². The van der Waals surface area contributed by atoms with Gasteiger partial charge in [0.05, 0.1) is 0 Å². The van der Waals surface area contributed by atoms with Crippen LogP contribution in [-0.4, -0.2) is 0 Å². The molecule has 0 unspecified atom stereocenters. The topological polar surface area (TPSA) is 3.88 Å². The first-order chi connectivity index (χ1) is 5.68. The monoisotopic (exact) mass is 243 g/mol. The number of aromatic nitrogens is 1. The van der Waals surface area contributed by atoms with E-state index in [-0.39, 0.29) is 17.0 Å². The number of halogens is 1. The second-order valence-electron chi connectivity index (χ2n) is 3.80. The van der Waals surface area contributed by atoms with Gasteiger partial charge in [0.2, 0.25) is 0 Å². The van der Waals surface area contributed by atoms with Crippen LogP contribution in [-0.2, 0) is 6.54 Å². The molecule has 0 spiro atoms. The molecule has 0 bridgehead atoms. The Hall–Kier alpha value is -0.370. The lowest BCUT2D eigenvalue weighted by atomic mass is 10.1. The number of nitrogens with zero attached hydrogens (tertiary/aromatic N) is 1. The van der Waals surface area contributed by atoms with E-state index < -0.39 is 0 Å². The van der Waals surface area contributed by atoms with Gasteiger partial charge in [0.15, 0.2) is 12.4 Å². The highest BCUT2D eigenvalue weighted by Crippen LogP contribution is 1.98. The summed E-state index contributed by atoms with van der Waals surface area (Å²) in [5.41, 5.74) is 1.33. The van der Waals surface area contributed by atoms with Gasteiger partial charge < -0.3 is 17.0 Å². The molecule has 0 aromatic carbocycles. The van der Waals surface area contributed by atoms with Crippen LogP contribution in [0.5, 0.6) is 0 Å². The zero-order valence-corrected chi connectivity index (χ0v) is 10.2. The quantitative estimate of drug-likeness (QED) is 0.621. The summed E-state index contributed by atoms with van der Waals surface area (Å²) in [6.07, 6.45) is 5.59. The molecular weight excluding hydrogens is 226 g/mol. The van der Waals surface area contributed by atoms with Crippen molar-refractivity contribution >= 4 is 0 Å². The fourth-order valence-corrected chi connectivity index (χ4v) is 1.20. The molecule has 1 heterocycles. The fraction of sp³-hybridized carbons (Fsp3) is 0.545. The molecule has 0 fully saturated rings. The first-order valence-corrected chi connectivity index (χ1v) is 4.64. The van der Waals surface area contributed by atoms with Gasteiger partial charge in [-0.2, -0.15) is 0 Å². The molecule has 1 aromatic rings. The molecule has 2 heteroatoms. The van der Waals surface area contributed by atoms with Crippen molar-refractivity contribution in [2.45, 2.75) is 33.7 Å². The number of aryl methyl sites for hydroxylation is 2. The highest BCUT2D eigenvalue weighted by molar-refractivity contribution is 5.01. The van der Waals surface area contributed by atoms with E-state index in [0.29, 0.717) is 0 Å². The van der Waals surface area contributed by atoms with Crippen molar-refractivity contribution in [1.29, 1.82) is 0 Å². The minimum absolute atomic E-state index is 0. The van der Waals surface area contributed by atoms with Crippen LogP contribution in [0.4, 0.5) is 0 Å². The maximum Gasteiger partial charge on any atom is 0.171 e. The van der Waals surface area contributed by atoms with Crippen molar-refractivity contribution in [3.05, 3.63) is 30.1 Å². The predicted octanol–water partition coefficient (Wildman–Crippen LogP) is -0.667. The molecule has 1 nitrogen and oxygen atoms in total. The Morgan fingerprint density at radius 3 is 2.62 bits per heavy atom. The Labute approximate surface area is 91.6 Å². The van der Waals surface area contributed by atoms with Gasteiger partial charge in [0.1, 0.15) is 6.54 Å². The van der Waals surface area contributed by atoms with Gasteiger partial charge >= 0.3 is 0 Å². The molecule has 0 atom stereocenters. The Kier molecular flexibility index (Phi) is 5.97. The van der Waals surface area contributed by atoms with Crippen LogP contribution < -0.4 is 21.5 Å². The Balaban J connectivity index is 0.00000144. The zero-order chi connectivity index (χ0) is 8.97. The maximum absolute atomic E-state index is 2.26. The summed E-state index contributed by atoms with van der Waals surface area (Å²) in [6.45, 7) is 7.79. The summed E-state index contributed by atoms with van der Waals surface area (Å²) in [7, 11) is 0. The van der Waals surface area contributed by atoms with Crippen LogP contribution in [0.3, 0.4) is 0 Å². The average molecular weight is 244 g/mol. The van der Waals surface area contributed by atoms with Crippen LogP contribution >= 0.6 is 0 Å². The molecule has 0 radical (unpaired) electrons. The van der Waals surface area contributed by atoms with Gasteiger partial charge in [0, 0.05) is 18.1 Å². The largest absolute Gasteiger partial charge is 1.00 e. The van der Waals surface area contributed by atoms with E-state index in [0.717, 1.165) is 12.5 Å². The molecule has 74 valence electrons. The molecule has 1 aromatic heterocycles. The lowest BCUT2D eigenvalue weighted by Gasteiger charge is -2.00. The van der Waals surface area contributed by atoms with Gasteiger partial charge in [-0.15, -0.1) is 0 Å². The van der Waals surface area contributed by atoms with Crippen molar-refractivity contribution in [3.8, 4) is 0 Å². The zero-order valence-electron chi connectivity index (χ0n) is 8.63. The summed E-state index contributed by atoms with van der Waals surface area (Å²) in [5, 5.41) is 0. The highest BCUT2D eigenvalue weighted by atomic mass is 79.9. The van der Waals surface area contributed by atoms with Crippen LogP contribution in [0, 0.1) is 12.8 Å². The Morgan fingerprint density at radius 2 is 2.08 bits per heavy atom. The average Bonchev–Trinajstić information content (AvgIpc) is 2.01. The fourth-order valence-electron chi connectivity index (χ4n) is 1.20. The minimum atomic E-state index is 0. The number of hydrogen-bond acceptors (Lipinski definition) is 0. The predicted molar refractivity (Wildman–Crippen MR) is 50.8 cm³/mol. The van der Waals surface area contributed by atoms with Crippen molar-refractivity contribution in [2.24, 2.45) is 5.92 Å². The van der Waals surface area contributed by atoms with Crippen molar-refractivity contribution < 1.29 is 21.5 Å². The molecule has 0 amide bonds. The summed E-state index contributed by atoms with van der Waals surface area (Å²) >= 11 is 0. The lowest BCUT2D eigenvalue weighted by molar-refractivity contribution is -0.698. The number of hydrogen-bond donors (Lipinski definition) is 0. The first kappa shape index (κ1) is 12.6. The van der Waals surface area contributed by atoms with Crippen molar-refractivity contribution in [2.75, 3.05) is 0 Å². The van der Waals surface area contributed by atoms with Crippen molar-refractivity contribution in [3.63, 3.8) is 0 Å². The van der Waals surface area contributed by atoms with E-state index >= 15 is 0 Å². The van der Waals surface area contributed by atoms with Gasteiger partial charge in [-0.05, 0) is 18.9 Å². The number of rotatable bonds is 3. The second kappa shape index (κ2) is 6.14.